The van der Waals surface area contributed by atoms with Gasteiger partial charge in [-0.05, 0) is 35.4 Å². The normalized spacial score (nSPS) is 16.6. The molecule has 0 spiro atoms. The molecule has 5 heteroatoms. The zero-order valence-electron chi connectivity index (χ0n) is 14.2. The molecule has 1 fully saturated rings. The minimum atomic E-state index is -0.0607. The monoisotopic (exact) mass is 365 g/mol. The molecule has 1 amide bonds. The van der Waals surface area contributed by atoms with E-state index in [9.17, 15) is 4.79 Å². The average Bonchev–Trinajstić information content (AvgIpc) is 3.39. The number of hydrogen-bond acceptors (Lipinski definition) is 4. The Bertz CT molecular complexity index is 847. The van der Waals surface area contributed by atoms with Crippen molar-refractivity contribution in [1.29, 1.82) is 0 Å². The van der Waals surface area contributed by atoms with Crippen molar-refractivity contribution in [3.63, 3.8) is 0 Å². The molecule has 0 saturated carbocycles. The lowest BCUT2D eigenvalue weighted by Gasteiger charge is -2.23. The molecule has 1 saturated heterocycles. The van der Waals surface area contributed by atoms with Crippen LogP contribution in [0.15, 0.2) is 77.4 Å². The van der Waals surface area contributed by atoms with Crippen molar-refractivity contribution in [3.05, 3.63) is 89.9 Å². The summed E-state index contributed by atoms with van der Waals surface area (Å²) in [5, 5.41) is 0.00998. The molecule has 3 aromatic rings. The standard InChI is InChI=1S/C21H19NO3S/c23-20(19-7-4-13-24-19)22-12-14-26-21(22)17-8-10-18(11-9-17)25-15-16-5-2-1-3-6-16/h1-11,13,21H,12,14-15H2. The van der Waals surface area contributed by atoms with Gasteiger partial charge in [-0.2, -0.15) is 0 Å². The van der Waals surface area contributed by atoms with E-state index in [1.807, 2.05) is 59.5 Å². The second-order valence-electron chi connectivity index (χ2n) is 6.04. The van der Waals surface area contributed by atoms with Gasteiger partial charge in [-0.15, -0.1) is 11.8 Å². The van der Waals surface area contributed by atoms with Crippen LogP contribution in [0.3, 0.4) is 0 Å². The van der Waals surface area contributed by atoms with E-state index in [1.54, 1.807) is 23.9 Å². The first-order valence-electron chi connectivity index (χ1n) is 8.54. The van der Waals surface area contributed by atoms with Gasteiger partial charge in [-0.25, -0.2) is 0 Å². The summed E-state index contributed by atoms with van der Waals surface area (Å²) >= 11 is 1.77. The van der Waals surface area contributed by atoms with Crippen LogP contribution in [0.2, 0.25) is 0 Å². The van der Waals surface area contributed by atoms with Crippen LogP contribution < -0.4 is 4.74 Å². The number of ether oxygens (including phenoxy) is 1. The lowest BCUT2D eigenvalue weighted by Crippen LogP contribution is -2.30. The molecule has 132 valence electrons. The van der Waals surface area contributed by atoms with Crippen LogP contribution in [0.4, 0.5) is 0 Å². The summed E-state index contributed by atoms with van der Waals surface area (Å²) in [6, 6.07) is 21.5. The fourth-order valence-electron chi connectivity index (χ4n) is 2.97. The predicted octanol–water partition coefficient (Wildman–Crippen LogP) is 4.75. The van der Waals surface area contributed by atoms with E-state index in [1.165, 1.54) is 6.26 Å². The van der Waals surface area contributed by atoms with Crippen LogP contribution in [0.1, 0.15) is 27.1 Å². The highest BCUT2D eigenvalue weighted by atomic mass is 32.2. The van der Waals surface area contributed by atoms with Gasteiger partial charge < -0.3 is 14.1 Å². The summed E-state index contributed by atoms with van der Waals surface area (Å²) in [6.45, 7) is 1.27. The first-order valence-corrected chi connectivity index (χ1v) is 9.59. The average molecular weight is 365 g/mol. The Morgan fingerprint density at radius 2 is 1.88 bits per heavy atom. The maximum Gasteiger partial charge on any atom is 0.290 e. The highest BCUT2D eigenvalue weighted by Crippen LogP contribution is 2.39. The Morgan fingerprint density at radius 3 is 2.62 bits per heavy atom. The molecule has 26 heavy (non-hydrogen) atoms. The van der Waals surface area contributed by atoms with Crippen LogP contribution in [-0.2, 0) is 6.61 Å². The molecule has 4 rings (SSSR count). The third kappa shape index (κ3) is 3.63. The molecule has 2 aromatic carbocycles. The maximum atomic E-state index is 12.6. The zero-order valence-corrected chi connectivity index (χ0v) is 15.0. The Labute approximate surface area is 156 Å². The zero-order chi connectivity index (χ0) is 17.8. The van der Waals surface area contributed by atoms with E-state index in [2.05, 4.69) is 0 Å². The van der Waals surface area contributed by atoms with Crippen molar-refractivity contribution in [3.8, 4) is 5.75 Å². The second-order valence-corrected chi connectivity index (χ2v) is 7.23. The van der Waals surface area contributed by atoms with Gasteiger partial charge in [0.15, 0.2) is 5.76 Å². The van der Waals surface area contributed by atoms with Crippen LogP contribution >= 0.6 is 11.8 Å². The van der Waals surface area contributed by atoms with Crippen molar-refractivity contribution in [2.45, 2.75) is 12.0 Å². The van der Waals surface area contributed by atoms with E-state index >= 15 is 0 Å². The van der Waals surface area contributed by atoms with E-state index < -0.39 is 0 Å². The van der Waals surface area contributed by atoms with Gasteiger partial charge in [-0.3, -0.25) is 4.79 Å². The van der Waals surface area contributed by atoms with Crippen molar-refractivity contribution in [1.82, 2.24) is 4.90 Å². The Hall–Kier alpha value is -2.66. The van der Waals surface area contributed by atoms with Gasteiger partial charge >= 0.3 is 0 Å². The molecule has 0 N–H and O–H groups in total. The molecule has 1 aliphatic heterocycles. The number of amides is 1. The summed E-state index contributed by atoms with van der Waals surface area (Å²) in [5.41, 5.74) is 2.23. The second kappa shape index (κ2) is 7.70. The fourth-order valence-corrected chi connectivity index (χ4v) is 4.22. The fraction of sp³-hybridized carbons (Fsp3) is 0.190. The van der Waals surface area contributed by atoms with Crippen LogP contribution in [0.5, 0.6) is 5.75 Å². The molecular weight excluding hydrogens is 346 g/mol. The molecule has 1 aliphatic rings. The van der Waals surface area contributed by atoms with Crippen molar-refractivity contribution >= 4 is 17.7 Å². The van der Waals surface area contributed by atoms with Crippen molar-refractivity contribution in [2.24, 2.45) is 0 Å². The molecule has 4 nitrogen and oxygen atoms in total. The van der Waals surface area contributed by atoms with Gasteiger partial charge in [0.05, 0.1) is 6.26 Å². The van der Waals surface area contributed by atoms with E-state index in [-0.39, 0.29) is 11.3 Å². The molecule has 0 aliphatic carbocycles. The third-order valence-electron chi connectivity index (χ3n) is 4.30. The molecule has 0 radical (unpaired) electrons. The van der Waals surface area contributed by atoms with E-state index in [0.29, 0.717) is 12.4 Å². The molecule has 2 heterocycles. The van der Waals surface area contributed by atoms with Gasteiger partial charge in [0.25, 0.3) is 5.91 Å². The maximum absolute atomic E-state index is 12.6. The predicted molar refractivity (Wildman–Crippen MR) is 102 cm³/mol. The number of furan rings is 1. The van der Waals surface area contributed by atoms with Gasteiger partial charge in [-0.1, -0.05) is 42.5 Å². The number of hydrogen-bond donors (Lipinski definition) is 0. The van der Waals surface area contributed by atoms with Gasteiger partial charge in [0, 0.05) is 12.3 Å². The number of carbonyl (C=O) groups is 1. The summed E-state index contributed by atoms with van der Waals surface area (Å²) < 4.78 is 11.1. The van der Waals surface area contributed by atoms with Gasteiger partial charge in [0.2, 0.25) is 0 Å². The number of nitrogens with zero attached hydrogens (tertiary/aromatic N) is 1. The topological polar surface area (TPSA) is 42.7 Å². The first-order chi connectivity index (χ1) is 12.8. The highest BCUT2D eigenvalue weighted by Gasteiger charge is 2.32. The minimum Gasteiger partial charge on any atom is -0.489 e. The molecule has 0 bridgehead atoms. The Morgan fingerprint density at radius 1 is 1.08 bits per heavy atom. The molecule has 1 atom stereocenters. The number of rotatable bonds is 5. The van der Waals surface area contributed by atoms with Crippen molar-refractivity contribution < 1.29 is 13.9 Å². The summed E-state index contributed by atoms with van der Waals surface area (Å²) in [6.07, 6.45) is 1.53. The number of thioether (sulfide) groups is 1. The Balaban J connectivity index is 1.43. The molecular formula is C21H19NO3S. The smallest absolute Gasteiger partial charge is 0.290 e. The van der Waals surface area contributed by atoms with Crippen molar-refractivity contribution in [2.75, 3.05) is 12.3 Å². The quantitative estimate of drug-likeness (QED) is 0.655. The lowest BCUT2D eigenvalue weighted by atomic mass is 10.2. The summed E-state index contributed by atoms with van der Waals surface area (Å²) in [5.74, 6) is 2.07. The van der Waals surface area contributed by atoms with Crippen LogP contribution in [-0.4, -0.2) is 23.1 Å². The molecule has 1 unspecified atom stereocenters. The van der Waals surface area contributed by atoms with Gasteiger partial charge in [0.1, 0.15) is 17.7 Å². The number of carbonyl (C=O) groups excluding carboxylic acids is 1. The first kappa shape index (κ1) is 16.8. The minimum absolute atomic E-state index is 0.00998. The third-order valence-corrected chi connectivity index (χ3v) is 5.56. The summed E-state index contributed by atoms with van der Waals surface area (Å²) in [7, 11) is 0. The number of benzene rings is 2. The van der Waals surface area contributed by atoms with E-state index in [0.717, 1.165) is 29.2 Å². The Kier molecular flexibility index (Phi) is 4.97. The molecule has 1 aromatic heterocycles. The highest BCUT2D eigenvalue weighted by molar-refractivity contribution is 7.99. The summed E-state index contributed by atoms with van der Waals surface area (Å²) in [4.78, 5) is 14.5. The van der Waals surface area contributed by atoms with E-state index in [4.69, 9.17) is 9.15 Å². The largest absolute Gasteiger partial charge is 0.489 e. The SMILES string of the molecule is O=C(c1ccco1)N1CCSC1c1ccc(OCc2ccccc2)cc1. The van der Waals surface area contributed by atoms with Crippen LogP contribution in [0, 0.1) is 0 Å². The van der Waals surface area contributed by atoms with Crippen LogP contribution in [0.25, 0.3) is 0 Å². The lowest BCUT2D eigenvalue weighted by molar-refractivity contribution is 0.0728.